The predicted octanol–water partition coefficient (Wildman–Crippen LogP) is 3.20. The van der Waals surface area contributed by atoms with E-state index in [-0.39, 0.29) is 11.9 Å². The van der Waals surface area contributed by atoms with Crippen LogP contribution in [0.4, 0.5) is 10.2 Å². The van der Waals surface area contributed by atoms with E-state index >= 15 is 0 Å². The Kier molecular flexibility index (Phi) is 6.98. The minimum Gasteiger partial charge on any atom is -0.362 e. The predicted molar refractivity (Wildman–Crippen MR) is 136 cm³/mol. The van der Waals surface area contributed by atoms with Crippen molar-refractivity contribution in [2.45, 2.75) is 19.5 Å². The zero-order valence-electron chi connectivity index (χ0n) is 19.9. The molecule has 0 bridgehead atoms. The summed E-state index contributed by atoms with van der Waals surface area (Å²) in [5, 5.41) is 3.36. The molecule has 9 heteroatoms. The van der Waals surface area contributed by atoms with Crippen LogP contribution in [0.5, 0.6) is 0 Å². The van der Waals surface area contributed by atoms with Gasteiger partial charge in [0.15, 0.2) is 5.82 Å². The van der Waals surface area contributed by atoms with Crippen molar-refractivity contribution in [3.05, 3.63) is 78.1 Å². The van der Waals surface area contributed by atoms with Gasteiger partial charge >= 0.3 is 0 Å². The van der Waals surface area contributed by atoms with Crippen LogP contribution in [-0.4, -0.2) is 68.6 Å². The third kappa shape index (κ3) is 5.48. The summed E-state index contributed by atoms with van der Waals surface area (Å²) in [5.74, 6) is 1.09. The molecule has 4 aromatic rings. The fraction of sp³-hybridized carbons (Fsp3) is 0.346. The topological polar surface area (TPSA) is 88.1 Å². The molecule has 182 valence electrons. The normalized spacial score (nSPS) is 16.0. The van der Waals surface area contributed by atoms with Crippen molar-refractivity contribution < 1.29 is 4.39 Å². The quantitative estimate of drug-likeness (QED) is 0.405. The molecular weight excluding hydrogens is 443 g/mol. The molecule has 0 amide bonds. The first-order chi connectivity index (χ1) is 17.1. The summed E-state index contributed by atoms with van der Waals surface area (Å²) in [6.07, 6.45) is 5.22. The maximum atomic E-state index is 13.3. The number of hydrogen-bond donors (Lipinski definition) is 2. The molecule has 0 saturated carbocycles. The van der Waals surface area contributed by atoms with E-state index in [9.17, 15) is 4.39 Å². The lowest BCUT2D eigenvalue weighted by Crippen LogP contribution is -2.47. The van der Waals surface area contributed by atoms with E-state index in [1.54, 1.807) is 30.9 Å². The minimum absolute atomic E-state index is 0.0448. The van der Waals surface area contributed by atoms with Crippen molar-refractivity contribution in [1.82, 2.24) is 29.3 Å². The number of benzene rings is 2. The minimum atomic E-state index is -0.247. The first kappa shape index (κ1) is 23.3. The number of imidazole rings is 1. The molecule has 1 aliphatic rings. The Morgan fingerprint density at radius 1 is 1.03 bits per heavy atom. The largest absolute Gasteiger partial charge is 0.362 e. The summed E-state index contributed by atoms with van der Waals surface area (Å²) in [6, 6.07) is 12.8. The highest BCUT2D eigenvalue weighted by atomic mass is 19.1. The molecule has 1 aliphatic heterocycles. The van der Waals surface area contributed by atoms with Crippen molar-refractivity contribution in [3.63, 3.8) is 0 Å². The number of anilines is 1. The highest BCUT2D eigenvalue weighted by molar-refractivity contribution is 5.77. The fourth-order valence-electron chi connectivity index (χ4n) is 4.54. The Morgan fingerprint density at radius 3 is 2.57 bits per heavy atom. The SMILES string of the molecule is C[C@H](Nc1cncc(-n2cnc3ccc(CN4CCN(CCN)CC4)cc32)n1)c1ccc(F)cc1. The molecule has 2 aromatic carbocycles. The molecule has 1 fully saturated rings. The molecule has 0 radical (unpaired) electrons. The highest BCUT2D eigenvalue weighted by Gasteiger charge is 2.17. The van der Waals surface area contributed by atoms with Gasteiger partial charge in [-0.15, -0.1) is 0 Å². The molecule has 1 saturated heterocycles. The number of fused-ring (bicyclic) bond motifs is 1. The van der Waals surface area contributed by atoms with Crippen molar-refractivity contribution in [2.75, 3.05) is 44.6 Å². The van der Waals surface area contributed by atoms with E-state index in [4.69, 9.17) is 10.7 Å². The first-order valence-electron chi connectivity index (χ1n) is 12.0. The number of nitrogens with zero attached hydrogens (tertiary/aromatic N) is 6. The van der Waals surface area contributed by atoms with Crippen LogP contribution in [0.25, 0.3) is 16.9 Å². The number of hydrogen-bond acceptors (Lipinski definition) is 7. The number of rotatable bonds is 8. The van der Waals surface area contributed by atoms with Gasteiger partial charge in [-0.3, -0.25) is 19.4 Å². The lowest BCUT2D eigenvalue weighted by molar-refractivity contribution is 0.130. The second-order valence-corrected chi connectivity index (χ2v) is 9.02. The molecule has 0 unspecified atom stereocenters. The zero-order chi connectivity index (χ0) is 24.2. The maximum absolute atomic E-state index is 13.3. The number of nitrogens with one attached hydrogen (secondary N) is 1. The third-order valence-electron chi connectivity index (χ3n) is 6.53. The molecular formula is C26H31FN8. The van der Waals surface area contributed by atoms with E-state index in [1.807, 2.05) is 11.5 Å². The second-order valence-electron chi connectivity index (χ2n) is 9.02. The second kappa shape index (κ2) is 10.5. The van der Waals surface area contributed by atoms with Crippen LogP contribution >= 0.6 is 0 Å². The van der Waals surface area contributed by atoms with Crippen LogP contribution in [0, 0.1) is 5.82 Å². The lowest BCUT2D eigenvalue weighted by Gasteiger charge is -2.34. The van der Waals surface area contributed by atoms with Gasteiger partial charge in [0.2, 0.25) is 0 Å². The number of aromatic nitrogens is 4. The molecule has 0 spiro atoms. The highest BCUT2D eigenvalue weighted by Crippen LogP contribution is 2.22. The monoisotopic (exact) mass is 474 g/mol. The van der Waals surface area contributed by atoms with Gasteiger partial charge in [0.25, 0.3) is 0 Å². The van der Waals surface area contributed by atoms with E-state index in [0.29, 0.717) is 18.2 Å². The zero-order valence-corrected chi connectivity index (χ0v) is 19.9. The van der Waals surface area contributed by atoms with Crippen LogP contribution in [0.3, 0.4) is 0 Å². The van der Waals surface area contributed by atoms with Crippen LogP contribution in [0.15, 0.2) is 61.2 Å². The van der Waals surface area contributed by atoms with Crippen LogP contribution in [0.2, 0.25) is 0 Å². The number of nitrogens with two attached hydrogens (primary N) is 1. The third-order valence-corrected chi connectivity index (χ3v) is 6.53. The van der Waals surface area contributed by atoms with Gasteiger partial charge in [-0.2, -0.15) is 0 Å². The Bertz CT molecular complexity index is 1260. The number of halogens is 1. The van der Waals surface area contributed by atoms with Gasteiger partial charge in [-0.05, 0) is 42.3 Å². The smallest absolute Gasteiger partial charge is 0.159 e. The molecule has 0 aliphatic carbocycles. The molecule has 1 atom stereocenters. The fourth-order valence-corrected chi connectivity index (χ4v) is 4.54. The Hall–Kier alpha value is -3.40. The summed E-state index contributed by atoms with van der Waals surface area (Å²) in [6.45, 7) is 8.80. The van der Waals surface area contributed by atoms with E-state index < -0.39 is 0 Å². The lowest BCUT2D eigenvalue weighted by atomic mass is 10.1. The van der Waals surface area contributed by atoms with Crippen molar-refractivity contribution in [1.29, 1.82) is 0 Å². The van der Waals surface area contributed by atoms with Crippen LogP contribution < -0.4 is 11.1 Å². The van der Waals surface area contributed by atoms with Crippen LogP contribution in [0.1, 0.15) is 24.1 Å². The number of piperazine rings is 1. The first-order valence-corrected chi connectivity index (χ1v) is 12.0. The van der Waals surface area contributed by atoms with Crippen molar-refractivity contribution in [3.8, 4) is 5.82 Å². The van der Waals surface area contributed by atoms with Gasteiger partial charge < -0.3 is 11.1 Å². The van der Waals surface area contributed by atoms with Gasteiger partial charge in [0.1, 0.15) is 18.0 Å². The summed E-state index contributed by atoms with van der Waals surface area (Å²) >= 11 is 0. The van der Waals surface area contributed by atoms with Crippen LogP contribution in [-0.2, 0) is 6.54 Å². The molecule has 35 heavy (non-hydrogen) atoms. The van der Waals surface area contributed by atoms with Crippen molar-refractivity contribution in [2.24, 2.45) is 5.73 Å². The molecule has 2 aromatic heterocycles. The van der Waals surface area contributed by atoms with Gasteiger partial charge in [-0.25, -0.2) is 14.4 Å². The van der Waals surface area contributed by atoms with Crippen molar-refractivity contribution >= 4 is 16.9 Å². The Morgan fingerprint density at radius 2 is 1.80 bits per heavy atom. The Labute approximate surface area is 204 Å². The maximum Gasteiger partial charge on any atom is 0.159 e. The summed E-state index contributed by atoms with van der Waals surface area (Å²) < 4.78 is 15.2. The summed E-state index contributed by atoms with van der Waals surface area (Å²) in [5.41, 5.74) is 9.84. The average Bonchev–Trinajstić information content (AvgIpc) is 3.29. The van der Waals surface area contributed by atoms with Gasteiger partial charge in [-0.1, -0.05) is 18.2 Å². The standard InChI is InChI=1S/C26H31FN8/c1-19(21-3-5-22(27)6-4-21)31-25-15-29-16-26(32-25)35-18-30-23-7-2-20(14-24(23)35)17-34-12-10-33(9-8-28)11-13-34/h2-7,14-16,18-19H,8-13,17,28H2,1H3,(H,31,32)/t19-/m0/s1. The van der Waals surface area contributed by atoms with E-state index in [2.05, 4.69) is 43.3 Å². The van der Waals surface area contributed by atoms with Gasteiger partial charge in [0.05, 0.1) is 23.4 Å². The molecule has 5 rings (SSSR count). The molecule has 3 N–H and O–H groups in total. The van der Waals surface area contributed by atoms with E-state index in [1.165, 1.54) is 17.7 Å². The Balaban J connectivity index is 1.32. The summed E-state index contributed by atoms with van der Waals surface area (Å²) in [4.78, 5) is 18.6. The average molecular weight is 475 g/mol. The van der Waals surface area contributed by atoms with Gasteiger partial charge in [0, 0.05) is 51.9 Å². The molecule has 8 nitrogen and oxygen atoms in total. The molecule has 3 heterocycles. The van der Waals surface area contributed by atoms with E-state index in [0.717, 1.165) is 55.9 Å². The summed E-state index contributed by atoms with van der Waals surface area (Å²) in [7, 11) is 0.